The maximum Gasteiger partial charge on any atom is 0.0366 e. The molecular weight excluding hydrogens is 146 g/mol. The average Bonchev–Trinajstić information content (AvgIpc) is 2.01. The standard InChI is InChI=1S/C11H15N/c1-9-3-5-11(6-4-9)12-7-10(2)8-12/h3-6,10H,7-8H2,1-2H3. The maximum absolute atomic E-state index is 2.42. The number of anilines is 1. The molecule has 12 heavy (non-hydrogen) atoms. The molecule has 1 fully saturated rings. The quantitative estimate of drug-likeness (QED) is 0.611. The van der Waals surface area contributed by atoms with Crippen molar-refractivity contribution in [3.05, 3.63) is 29.8 Å². The summed E-state index contributed by atoms with van der Waals surface area (Å²) in [6.07, 6.45) is 0. The highest BCUT2D eigenvalue weighted by Crippen LogP contribution is 2.23. The van der Waals surface area contributed by atoms with Crippen molar-refractivity contribution in [2.24, 2.45) is 5.92 Å². The molecule has 1 heterocycles. The van der Waals surface area contributed by atoms with Gasteiger partial charge in [-0.1, -0.05) is 24.6 Å². The molecule has 0 N–H and O–H groups in total. The van der Waals surface area contributed by atoms with Crippen molar-refractivity contribution in [1.29, 1.82) is 0 Å². The van der Waals surface area contributed by atoms with E-state index in [9.17, 15) is 0 Å². The number of rotatable bonds is 1. The minimum absolute atomic E-state index is 0.881. The summed E-state index contributed by atoms with van der Waals surface area (Å²) in [6, 6.07) is 8.78. The van der Waals surface area contributed by atoms with Gasteiger partial charge < -0.3 is 4.90 Å². The number of benzene rings is 1. The molecule has 0 unspecified atom stereocenters. The van der Waals surface area contributed by atoms with Gasteiger partial charge in [-0.05, 0) is 25.0 Å². The molecule has 0 bridgehead atoms. The summed E-state index contributed by atoms with van der Waals surface area (Å²) in [5.41, 5.74) is 2.71. The molecule has 0 saturated carbocycles. The lowest BCUT2D eigenvalue weighted by Crippen LogP contribution is -2.45. The van der Waals surface area contributed by atoms with E-state index in [1.807, 2.05) is 0 Å². The van der Waals surface area contributed by atoms with Gasteiger partial charge in [-0.3, -0.25) is 0 Å². The van der Waals surface area contributed by atoms with Crippen LogP contribution in [0.15, 0.2) is 24.3 Å². The zero-order valence-corrected chi connectivity index (χ0v) is 7.75. The third-order valence-corrected chi connectivity index (χ3v) is 2.46. The smallest absolute Gasteiger partial charge is 0.0366 e. The summed E-state index contributed by atoms with van der Waals surface area (Å²) >= 11 is 0. The molecule has 0 spiro atoms. The highest BCUT2D eigenvalue weighted by Gasteiger charge is 2.21. The van der Waals surface area contributed by atoms with Crippen LogP contribution < -0.4 is 4.90 Å². The van der Waals surface area contributed by atoms with Crippen molar-refractivity contribution in [2.45, 2.75) is 13.8 Å². The Balaban J connectivity index is 2.09. The van der Waals surface area contributed by atoms with E-state index in [1.54, 1.807) is 0 Å². The summed E-state index contributed by atoms with van der Waals surface area (Å²) in [5.74, 6) is 0.881. The Morgan fingerprint density at radius 2 is 1.75 bits per heavy atom. The predicted octanol–water partition coefficient (Wildman–Crippen LogP) is 2.45. The second kappa shape index (κ2) is 2.81. The minimum Gasteiger partial charge on any atom is -0.371 e. The van der Waals surface area contributed by atoms with E-state index >= 15 is 0 Å². The zero-order chi connectivity index (χ0) is 8.55. The second-order valence-electron chi connectivity index (χ2n) is 3.85. The van der Waals surface area contributed by atoms with Crippen LogP contribution in [0.2, 0.25) is 0 Å². The van der Waals surface area contributed by atoms with Crippen LogP contribution in [-0.2, 0) is 0 Å². The van der Waals surface area contributed by atoms with Gasteiger partial charge in [0.1, 0.15) is 0 Å². The molecule has 1 aliphatic heterocycles. The molecule has 1 aromatic carbocycles. The summed E-state index contributed by atoms with van der Waals surface area (Å²) < 4.78 is 0. The molecule has 1 heteroatoms. The van der Waals surface area contributed by atoms with Crippen molar-refractivity contribution in [2.75, 3.05) is 18.0 Å². The Kier molecular flexibility index (Phi) is 1.80. The Hall–Kier alpha value is -0.980. The lowest BCUT2D eigenvalue weighted by molar-refractivity contribution is 0.447. The van der Waals surface area contributed by atoms with E-state index in [-0.39, 0.29) is 0 Å². The van der Waals surface area contributed by atoms with Gasteiger partial charge in [0.25, 0.3) is 0 Å². The Morgan fingerprint density at radius 3 is 2.25 bits per heavy atom. The Labute approximate surface area is 74.0 Å². The normalized spacial score (nSPS) is 17.7. The molecule has 1 saturated heterocycles. The van der Waals surface area contributed by atoms with Gasteiger partial charge >= 0.3 is 0 Å². The first kappa shape index (κ1) is 7.66. The fourth-order valence-electron chi connectivity index (χ4n) is 1.67. The van der Waals surface area contributed by atoms with Gasteiger partial charge in [0, 0.05) is 18.8 Å². The number of aryl methyl sites for hydroxylation is 1. The van der Waals surface area contributed by atoms with E-state index in [0.717, 1.165) is 5.92 Å². The molecule has 2 rings (SSSR count). The second-order valence-corrected chi connectivity index (χ2v) is 3.85. The summed E-state index contributed by atoms with van der Waals surface area (Å²) in [6.45, 7) is 6.87. The molecule has 0 radical (unpaired) electrons. The van der Waals surface area contributed by atoms with Crippen LogP contribution in [0.4, 0.5) is 5.69 Å². The van der Waals surface area contributed by atoms with Crippen molar-refractivity contribution in [3.8, 4) is 0 Å². The van der Waals surface area contributed by atoms with Gasteiger partial charge in [-0.15, -0.1) is 0 Å². The highest BCUT2D eigenvalue weighted by molar-refractivity contribution is 5.49. The van der Waals surface area contributed by atoms with Crippen molar-refractivity contribution >= 4 is 5.69 Å². The first-order valence-electron chi connectivity index (χ1n) is 4.57. The molecular formula is C11H15N. The lowest BCUT2D eigenvalue weighted by atomic mass is 10.0. The molecule has 0 amide bonds. The monoisotopic (exact) mass is 161 g/mol. The highest BCUT2D eigenvalue weighted by atomic mass is 15.2. The summed E-state index contributed by atoms with van der Waals surface area (Å²) in [5, 5.41) is 0. The molecule has 0 aromatic heterocycles. The van der Waals surface area contributed by atoms with Gasteiger partial charge in [0.05, 0.1) is 0 Å². The summed E-state index contributed by atoms with van der Waals surface area (Å²) in [4.78, 5) is 2.42. The number of hydrogen-bond acceptors (Lipinski definition) is 1. The Morgan fingerprint density at radius 1 is 1.17 bits per heavy atom. The molecule has 64 valence electrons. The van der Waals surface area contributed by atoms with E-state index in [4.69, 9.17) is 0 Å². The van der Waals surface area contributed by atoms with E-state index < -0.39 is 0 Å². The number of nitrogens with zero attached hydrogens (tertiary/aromatic N) is 1. The van der Waals surface area contributed by atoms with Gasteiger partial charge in [0.15, 0.2) is 0 Å². The molecule has 1 aromatic rings. The van der Waals surface area contributed by atoms with E-state index in [2.05, 4.69) is 43.0 Å². The van der Waals surface area contributed by atoms with Crippen LogP contribution in [0.25, 0.3) is 0 Å². The minimum atomic E-state index is 0.881. The van der Waals surface area contributed by atoms with E-state index in [1.165, 1.54) is 24.3 Å². The third-order valence-electron chi connectivity index (χ3n) is 2.46. The first-order chi connectivity index (χ1) is 5.75. The largest absolute Gasteiger partial charge is 0.371 e. The van der Waals surface area contributed by atoms with Crippen LogP contribution in [0.1, 0.15) is 12.5 Å². The van der Waals surface area contributed by atoms with Crippen LogP contribution in [0.5, 0.6) is 0 Å². The third kappa shape index (κ3) is 1.31. The van der Waals surface area contributed by atoms with Crippen LogP contribution in [0, 0.1) is 12.8 Å². The van der Waals surface area contributed by atoms with Gasteiger partial charge in [-0.25, -0.2) is 0 Å². The molecule has 1 aliphatic rings. The van der Waals surface area contributed by atoms with Crippen LogP contribution >= 0.6 is 0 Å². The van der Waals surface area contributed by atoms with Crippen LogP contribution in [-0.4, -0.2) is 13.1 Å². The van der Waals surface area contributed by atoms with Crippen molar-refractivity contribution < 1.29 is 0 Å². The zero-order valence-electron chi connectivity index (χ0n) is 7.75. The number of hydrogen-bond donors (Lipinski definition) is 0. The lowest BCUT2D eigenvalue weighted by Gasteiger charge is -2.39. The van der Waals surface area contributed by atoms with Gasteiger partial charge in [-0.2, -0.15) is 0 Å². The van der Waals surface area contributed by atoms with E-state index in [0.29, 0.717) is 0 Å². The molecule has 0 aliphatic carbocycles. The average molecular weight is 161 g/mol. The predicted molar refractivity (Wildman–Crippen MR) is 52.6 cm³/mol. The molecule has 0 atom stereocenters. The van der Waals surface area contributed by atoms with Crippen molar-refractivity contribution in [1.82, 2.24) is 0 Å². The van der Waals surface area contributed by atoms with Crippen molar-refractivity contribution in [3.63, 3.8) is 0 Å². The topological polar surface area (TPSA) is 3.24 Å². The van der Waals surface area contributed by atoms with Crippen LogP contribution in [0.3, 0.4) is 0 Å². The molecule has 1 nitrogen and oxygen atoms in total. The fraction of sp³-hybridized carbons (Fsp3) is 0.455. The Bertz CT molecular complexity index is 257. The maximum atomic E-state index is 2.42. The fourth-order valence-corrected chi connectivity index (χ4v) is 1.67. The first-order valence-corrected chi connectivity index (χ1v) is 4.57. The summed E-state index contributed by atoms with van der Waals surface area (Å²) in [7, 11) is 0. The van der Waals surface area contributed by atoms with Gasteiger partial charge in [0.2, 0.25) is 0 Å². The SMILES string of the molecule is Cc1ccc(N2CC(C)C2)cc1.